The highest BCUT2D eigenvalue weighted by molar-refractivity contribution is 8.27. The van der Waals surface area contributed by atoms with Gasteiger partial charge < -0.3 is 0 Å². The van der Waals surface area contributed by atoms with Gasteiger partial charge in [0.25, 0.3) is 11.8 Å². The number of nitrogens with zero attached hydrogens (tertiary/aromatic N) is 3. The summed E-state index contributed by atoms with van der Waals surface area (Å²) in [7, 11) is 0. The Morgan fingerprint density at radius 2 is 1.74 bits per heavy atom. The van der Waals surface area contributed by atoms with E-state index in [9.17, 15) is 9.59 Å². The van der Waals surface area contributed by atoms with Gasteiger partial charge in [-0.15, -0.1) is 10.2 Å². The first kappa shape index (κ1) is 21.4. The van der Waals surface area contributed by atoms with Gasteiger partial charge >= 0.3 is 0 Å². The van der Waals surface area contributed by atoms with Crippen LogP contribution in [0.15, 0.2) is 71.1 Å². The molecule has 0 radical (unpaired) electrons. The zero-order valence-electron chi connectivity index (χ0n) is 16.6. The van der Waals surface area contributed by atoms with Crippen molar-refractivity contribution >= 4 is 62.3 Å². The van der Waals surface area contributed by atoms with E-state index in [0.29, 0.717) is 32.0 Å². The number of hydrogen-bond donors (Lipinski definition) is 1. The number of amides is 2. The van der Waals surface area contributed by atoms with Crippen LogP contribution in [0.25, 0.3) is 0 Å². The van der Waals surface area contributed by atoms with Crippen LogP contribution in [0.1, 0.15) is 17.5 Å². The number of thioether (sulfide) groups is 1. The van der Waals surface area contributed by atoms with Crippen LogP contribution in [0.4, 0.5) is 10.8 Å². The number of aromatic nitrogens is 2. The van der Waals surface area contributed by atoms with Gasteiger partial charge in [0.1, 0.15) is 5.01 Å². The number of thiocarbonyl (C=S) groups is 1. The molecule has 4 rings (SSSR count). The number of aryl methyl sites for hydroxylation is 1. The number of rotatable bonds is 6. The third-order valence-electron chi connectivity index (χ3n) is 4.55. The summed E-state index contributed by atoms with van der Waals surface area (Å²) in [5.74, 6) is -0.676. The summed E-state index contributed by atoms with van der Waals surface area (Å²) in [4.78, 5) is 28.3. The molecule has 0 spiro atoms. The zero-order valence-corrected chi connectivity index (χ0v) is 19.0. The predicted octanol–water partition coefficient (Wildman–Crippen LogP) is 4.60. The van der Waals surface area contributed by atoms with Crippen LogP contribution in [0.2, 0.25) is 0 Å². The minimum absolute atomic E-state index is 0.297. The van der Waals surface area contributed by atoms with Gasteiger partial charge in [0.2, 0.25) is 5.13 Å². The third kappa shape index (κ3) is 4.73. The van der Waals surface area contributed by atoms with Crippen molar-refractivity contribution in [2.45, 2.75) is 19.8 Å². The summed E-state index contributed by atoms with van der Waals surface area (Å²) in [6.45, 7) is 1.97. The van der Waals surface area contributed by atoms with E-state index >= 15 is 0 Å². The smallest absolute Gasteiger partial charge is 0.271 e. The first-order valence-electron chi connectivity index (χ1n) is 9.59. The molecule has 1 aromatic heterocycles. The van der Waals surface area contributed by atoms with Gasteiger partial charge in [-0.25, -0.2) is 0 Å². The van der Waals surface area contributed by atoms with Gasteiger partial charge in [-0.3, -0.25) is 19.8 Å². The number of benzene rings is 2. The lowest BCUT2D eigenvalue weighted by Crippen LogP contribution is -2.28. The summed E-state index contributed by atoms with van der Waals surface area (Å²) in [5.41, 5.74) is 1.95. The average Bonchev–Trinajstić information content (AvgIpc) is 3.36. The standard InChI is InChI=1S/C22H18N4O2S3/c1-2-17-24-25-21(30-17)23-19(27)16(13-14-9-5-3-6-10-14)18-20(28)26(22(29)31-18)15-11-7-4-8-12-15/h3-12H,2,13H2,1H3,(H,23,25,27)/b18-16+. The number of carbonyl (C=O) groups is 2. The normalized spacial score (nSPS) is 15.3. The lowest BCUT2D eigenvalue weighted by atomic mass is 10.0. The third-order valence-corrected chi connectivity index (χ3v) is 6.94. The summed E-state index contributed by atoms with van der Waals surface area (Å²) >= 11 is 7.95. The lowest BCUT2D eigenvalue weighted by molar-refractivity contribution is -0.115. The van der Waals surface area contributed by atoms with Crippen LogP contribution in [0.3, 0.4) is 0 Å². The summed E-state index contributed by atoms with van der Waals surface area (Å²) < 4.78 is 0.397. The van der Waals surface area contributed by atoms with Gasteiger partial charge in [0.05, 0.1) is 10.6 Å². The maximum atomic E-state index is 13.3. The van der Waals surface area contributed by atoms with E-state index in [0.717, 1.165) is 28.8 Å². The molecule has 2 heterocycles. The predicted molar refractivity (Wildman–Crippen MR) is 129 cm³/mol. The van der Waals surface area contributed by atoms with E-state index in [2.05, 4.69) is 15.5 Å². The quantitative estimate of drug-likeness (QED) is 0.423. The molecular formula is C22H18N4O2S3. The van der Waals surface area contributed by atoms with Gasteiger partial charge in [-0.1, -0.05) is 90.8 Å². The molecule has 0 atom stereocenters. The fourth-order valence-corrected chi connectivity index (χ4v) is 5.07. The maximum Gasteiger partial charge on any atom is 0.271 e. The van der Waals surface area contributed by atoms with Gasteiger partial charge in [0, 0.05) is 12.0 Å². The Morgan fingerprint density at radius 3 is 2.39 bits per heavy atom. The van der Waals surface area contributed by atoms with Gasteiger partial charge in [-0.05, 0) is 24.1 Å². The second kappa shape index (κ2) is 9.51. The maximum absolute atomic E-state index is 13.3. The van der Waals surface area contributed by atoms with Crippen LogP contribution in [0, 0.1) is 0 Å². The number of para-hydroxylation sites is 1. The van der Waals surface area contributed by atoms with Gasteiger partial charge in [-0.2, -0.15) is 0 Å². The molecule has 1 fully saturated rings. The lowest BCUT2D eigenvalue weighted by Gasteiger charge is -2.14. The molecule has 31 heavy (non-hydrogen) atoms. The molecule has 2 aromatic carbocycles. The number of hydrogen-bond acceptors (Lipinski definition) is 7. The first-order valence-corrected chi connectivity index (χ1v) is 11.6. The summed E-state index contributed by atoms with van der Waals surface area (Å²) in [6, 6.07) is 18.7. The zero-order chi connectivity index (χ0) is 21.8. The second-order valence-corrected chi connectivity index (χ2v) is 9.33. The highest BCUT2D eigenvalue weighted by Crippen LogP contribution is 2.37. The SMILES string of the molecule is CCc1nnc(NC(=O)/C(Cc2ccccc2)=C2/SC(=S)N(c3ccccc3)C2=O)s1. The molecule has 3 aromatic rings. The molecule has 156 valence electrons. The molecule has 0 bridgehead atoms. The topological polar surface area (TPSA) is 75.2 Å². The number of anilines is 2. The van der Waals surface area contributed by atoms with Gasteiger partial charge in [0.15, 0.2) is 4.32 Å². The first-order chi connectivity index (χ1) is 15.1. The van der Waals surface area contributed by atoms with E-state index in [1.807, 2.05) is 67.6 Å². The monoisotopic (exact) mass is 466 g/mol. The Hall–Kier alpha value is -2.88. The van der Waals surface area contributed by atoms with Crippen LogP contribution in [-0.4, -0.2) is 26.3 Å². The minimum atomic E-state index is -0.379. The highest BCUT2D eigenvalue weighted by atomic mass is 32.2. The van der Waals surface area contributed by atoms with Crippen molar-refractivity contribution in [1.29, 1.82) is 0 Å². The van der Waals surface area contributed by atoms with Crippen molar-refractivity contribution in [3.05, 3.63) is 81.7 Å². The summed E-state index contributed by atoms with van der Waals surface area (Å²) in [5, 5.41) is 12.1. The van der Waals surface area contributed by atoms with E-state index in [4.69, 9.17) is 12.2 Å². The van der Waals surface area contributed by atoms with Crippen LogP contribution in [-0.2, 0) is 22.4 Å². The van der Waals surface area contributed by atoms with Crippen LogP contribution < -0.4 is 10.2 Å². The summed E-state index contributed by atoms with van der Waals surface area (Å²) in [6.07, 6.45) is 1.03. The van der Waals surface area contributed by atoms with Crippen molar-refractivity contribution in [3.63, 3.8) is 0 Å². The number of nitrogens with one attached hydrogen (secondary N) is 1. The molecule has 9 heteroatoms. The van der Waals surface area contributed by atoms with Crippen molar-refractivity contribution in [2.75, 3.05) is 10.2 Å². The molecule has 0 saturated carbocycles. The molecule has 1 aliphatic rings. The van der Waals surface area contributed by atoms with E-state index in [-0.39, 0.29) is 11.8 Å². The highest BCUT2D eigenvalue weighted by Gasteiger charge is 2.37. The molecule has 1 saturated heterocycles. The average molecular weight is 467 g/mol. The number of carbonyl (C=O) groups excluding carboxylic acids is 2. The van der Waals surface area contributed by atoms with Crippen molar-refractivity contribution < 1.29 is 9.59 Å². The molecular weight excluding hydrogens is 448 g/mol. The minimum Gasteiger partial charge on any atom is -0.297 e. The molecule has 1 aliphatic heterocycles. The molecule has 2 amide bonds. The molecule has 0 unspecified atom stereocenters. The van der Waals surface area contributed by atoms with E-state index in [1.54, 1.807) is 0 Å². The largest absolute Gasteiger partial charge is 0.297 e. The second-order valence-electron chi connectivity index (χ2n) is 6.62. The van der Waals surface area contributed by atoms with E-state index in [1.165, 1.54) is 16.2 Å². The van der Waals surface area contributed by atoms with Crippen molar-refractivity contribution in [1.82, 2.24) is 10.2 Å². The Kier molecular flexibility index (Phi) is 6.55. The Labute approximate surface area is 193 Å². The van der Waals surface area contributed by atoms with Crippen molar-refractivity contribution in [2.24, 2.45) is 0 Å². The molecule has 1 N–H and O–H groups in total. The Balaban J connectivity index is 1.70. The van der Waals surface area contributed by atoms with E-state index < -0.39 is 0 Å². The van der Waals surface area contributed by atoms with Crippen LogP contribution >= 0.6 is 35.3 Å². The van der Waals surface area contributed by atoms with Crippen LogP contribution in [0.5, 0.6) is 0 Å². The Bertz CT molecular complexity index is 1160. The fourth-order valence-electron chi connectivity index (χ4n) is 3.03. The fraction of sp³-hybridized carbons (Fsp3) is 0.136. The molecule has 0 aliphatic carbocycles. The van der Waals surface area contributed by atoms with Crippen molar-refractivity contribution in [3.8, 4) is 0 Å². The Morgan fingerprint density at radius 1 is 1.06 bits per heavy atom. The molecule has 6 nitrogen and oxygen atoms in total.